The number of fused-ring (bicyclic) bond motifs is 1. The summed E-state index contributed by atoms with van der Waals surface area (Å²) in [4.78, 5) is 29.1. The number of halogens is 2. The molecule has 1 aliphatic heterocycles. The molecule has 35 heavy (non-hydrogen) atoms. The van der Waals surface area contributed by atoms with E-state index in [1.807, 2.05) is 23.1 Å². The quantitative estimate of drug-likeness (QED) is 0.411. The van der Waals surface area contributed by atoms with Crippen LogP contribution in [0.15, 0.2) is 47.3 Å². The zero-order valence-corrected chi connectivity index (χ0v) is 20.7. The number of ether oxygens (including phenoxy) is 1. The van der Waals surface area contributed by atoms with Gasteiger partial charge in [0.1, 0.15) is 28.6 Å². The fourth-order valence-electron chi connectivity index (χ4n) is 4.62. The largest absolute Gasteiger partial charge is 0.497 e. The standard InChI is InChI=1S/C26H25ClFN5O2/c1-15-29-22-21(19-9-8-17(27)13-20(19)28)30-25(31-23(22)24(34)32(15)3)33-11-10-26(2,14-33)16-6-5-7-18(12-16)35-4/h5-9,12-13H,10-11,14H2,1-4H3. The summed E-state index contributed by atoms with van der Waals surface area (Å²) in [5, 5.41) is 0.276. The Labute approximate surface area is 207 Å². The van der Waals surface area contributed by atoms with Crippen LogP contribution in [0.25, 0.3) is 22.3 Å². The predicted octanol–water partition coefficient (Wildman–Crippen LogP) is 4.67. The fraction of sp³-hybridized carbons (Fsp3) is 0.308. The van der Waals surface area contributed by atoms with Gasteiger partial charge in [0.15, 0.2) is 5.52 Å². The predicted molar refractivity (Wildman–Crippen MR) is 135 cm³/mol. The van der Waals surface area contributed by atoms with Crippen molar-refractivity contribution < 1.29 is 9.13 Å². The monoisotopic (exact) mass is 493 g/mol. The van der Waals surface area contributed by atoms with Crippen molar-refractivity contribution in [1.82, 2.24) is 19.5 Å². The normalized spacial score (nSPS) is 17.8. The van der Waals surface area contributed by atoms with E-state index < -0.39 is 5.82 Å². The van der Waals surface area contributed by atoms with E-state index in [1.165, 1.54) is 10.6 Å². The summed E-state index contributed by atoms with van der Waals surface area (Å²) < 4.78 is 21.8. The summed E-state index contributed by atoms with van der Waals surface area (Å²) in [6.07, 6.45) is 0.858. The van der Waals surface area contributed by atoms with Crippen molar-refractivity contribution in [2.24, 2.45) is 7.05 Å². The Morgan fingerprint density at radius 3 is 2.66 bits per heavy atom. The molecule has 3 heterocycles. The highest BCUT2D eigenvalue weighted by Gasteiger charge is 2.37. The molecule has 4 aromatic rings. The van der Waals surface area contributed by atoms with Crippen molar-refractivity contribution in [3.8, 4) is 17.0 Å². The van der Waals surface area contributed by atoms with E-state index in [1.54, 1.807) is 33.2 Å². The van der Waals surface area contributed by atoms with Gasteiger partial charge in [-0.05, 0) is 49.2 Å². The Hall–Kier alpha value is -3.52. The fourth-order valence-corrected chi connectivity index (χ4v) is 4.78. The topological polar surface area (TPSA) is 73.1 Å². The molecule has 0 radical (unpaired) electrons. The maximum atomic E-state index is 15.0. The number of methoxy groups -OCH3 is 1. The van der Waals surface area contributed by atoms with Crippen LogP contribution in [0.5, 0.6) is 5.75 Å². The van der Waals surface area contributed by atoms with E-state index in [0.717, 1.165) is 17.7 Å². The third-order valence-corrected chi connectivity index (χ3v) is 7.08. The van der Waals surface area contributed by atoms with Crippen molar-refractivity contribution in [2.75, 3.05) is 25.1 Å². The first-order valence-electron chi connectivity index (χ1n) is 11.3. The lowest BCUT2D eigenvalue weighted by Gasteiger charge is -2.26. The summed E-state index contributed by atoms with van der Waals surface area (Å²) in [6.45, 7) is 5.22. The summed E-state index contributed by atoms with van der Waals surface area (Å²) in [7, 11) is 3.29. The summed E-state index contributed by atoms with van der Waals surface area (Å²) in [5.74, 6) is 1.12. The second-order valence-corrected chi connectivity index (χ2v) is 9.62. The van der Waals surface area contributed by atoms with Gasteiger partial charge >= 0.3 is 0 Å². The van der Waals surface area contributed by atoms with Gasteiger partial charge in [-0.3, -0.25) is 9.36 Å². The molecule has 5 rings (SSSR count). The zero-order valence-electron chi connectivity index (χ0n) is 20.0. The number of aryl methyl sites for hydroxylation is 1. The summed E-state index contributed by atoms with van der Waals surface area (Å²) >= 11 is 5.98. The van der Waals surface area contributed by atoms with Gasteiger partial charge < -0.3 is 9.64 Å². The smallest absolute Gasteiger partial charge is 0.279 e. The molecule has 0 spiro atoms. The Bertz CT molecular complexity index is 1520. The van der Waals surface area contributed by atoms with Crippen molar-refractivity contribution in [3.05, 3.63) is 75.0 Å². The van der Waals surface area contributed by atoms with Gasteiger partial charge in [-0.25, -0.2) is 19.3 Å². The highest BCUT2D eigenvalue weighted by molar-refractivity contribution is 6.30. The third kappa shape index (κ3) is 4.01. The molecular formula is C26H25ClFN5O2. The van der Waals surface area contributed by atoms with E-state index in [-0.39, 0.29) is 38.3 Å². The van der Waals surface area contributed by atoms with Crippen molar-refractivity contribution in [3.63, 3.8) is 0 Å². The average Bonchev–Trinajstić information content (AvgIpc) is 3.26. The zero-order chi connectivity index (χ0) is 24.9. The highest BCUT2D eigenvalue weighted by atomic mass is 35.5. The van der Waals surface area contributed by atoms with Crippen LogP contribution in [-0.4, -0.2) is 39.7 Å². The highest BCUT2D eigenvalue weighted by Crippen LogP contribution is 2.38. The van der Waals surface area contributed by atoms with Crippen LogP contribution in [-0.2, 0) is 12.5 Å². The average molecular weight is 494 g/mol. The van der Waals surface area contributed by atoms with Gasteiger partial charge in [0, 0.05) is 36.1 Å². The first-order chi connectivity index (χ1) is 16.7. The molecule has 0 saturated carbocycles. The van der Waals surface area contributed by atoms with E-state index in [9.17, 15) is 9.18 Å². The van der Waals surface area contributed by atoms with Crippen LogP contribution in [0.4, 0.5) is 10.3 Å². The second-order valence-electron chi connectivity index (χ2n) is 9.18. The third-order valence-electron chi connectivity index (χ3n) is 6.85. The SMILES string of the molecule is COc1cccc(C2(C)CCN(c3nc(-c4ccc(Cl)cc4F)c4nc(C)n(C)c(=O)c4n3)C2)c1. The van der Waals surface area contributed by atoms with Gasteiger partial charge in [-0.15, -0.1) is 0 Å². The van der Waals surface area contributed by atoms with E-state index in [0.29, 0.717) is 24.9 Å². The Balaban J connectivity index is 1.65. The van der Waals surface area contributed by atoms with Crippen LogP contribution >= 0.6 is 11.6 Å². The minimum absolute atomic E-state index is 0.155. The molecule has 2 aromatic carbocycles. The van der Waals surface area contributed by atoms with Crippen molar-refractivity contribution >= 4 is 28.6 Å². The molecule has 9 heteroatoms. The lowest BCUT2D eigenvalue weighted by molar-refractivity contribution is 0.412. The molecule has 180 valence electrons. The van der Waals surface area contributed by atoms with Crippen LogP contribution in [0.2, 0.25) is 5.02 Å². The molecule has 1 unspecified atom stereocenters. The minimum Gasteiger partial charge on any atom is -0.497 e. The Morgan fingerprint density at radius 1 is 1.11 bits per heavy atom. The lowest BCUT2D eigenvalue weighted by Crippen LogP contribution is -2.30. The number of rotatable bonds is 4. The van der Waals surface area contributed by atoms with Gasteiger partial charge in [0.2, 0.25) is 5.95 Å². The number of hydrogen-bond donors (Lipinski definition) is 0. The van der Waals surface area contributed by atoms with Crippen LogP contribution in [0.3, 0.4) is 0 Å². The first kappa shape index (κ1) is 23.2. The van der Waals surface area contributed by atoms with Gasteiger partial charge in [-0.2, -0.15) is 0 Å². The number of aromatic nitrogens is 4. The number of nitrogens with zero attached hydrogens (tertiary/aromatic N) is 5. The van der Waals surface area contributed by atoms with Crippen molar-refractivity contribution in [2.45, 2.75) is 25.7 Å². The molecule has 0 N–H and O–H groups in total. The van der Waals surface area contributed by atoms with E-state index >= 15 is 0 Å². The van der Waals surface area contributed by atoms with Gasteiger partial charge in [-0.1, -0.05) is 30.7 Å². The minimum atomic E-state index is -0.536. The molecule has 1 aliphatic rings. The maximum absolute atomic E-state index is 15.0. The Kier molecular flexibility index (Phi) is 5.71. The molecule has 7 nitrogen and oxygen atoms in total. The van der Waals surface area contributed by atoms with E-state index in [2.05, 4.69) is 23.0 Å². The van der Waals surface area contributed by atoms with E-state index in [4.69, 9.17) is 21.3 Å². The number of hydrogen-bond acceptors (Lipinski definition) is 6. The van der Waals surface area contributed by atoms with Gasteiger partial charge in [0.25, 0.3) is 5.56 Å². The lowest BCUT2D eigenvalue weighted by atomic mass is 9.82. The Morgan fingerprint density at radius 2 is 1.91 bits per heavy atom. The van der Waals surface area contributed by atoms with Crippen molar-refractivity contribution in [1.29, 1.82) is 0 Å². The maximum Gasteiger partial charge on any atom is 0.279 e. The summed E-state index contributed by atoms with van der Waals surface area (Å²) in [5.41, 5.74) is 1.59. The summed E-state index contributed by atoms with van der Waals surface area (Å²) in [6, 6.07) is 12.4. The molecule has 0 bridgehead atoms. The molecule has 1 fully saturated rings. The second kappa shape index (κ2) is 8.61. The molecule has 0 amide bonds. The van der Waals surface area contributed by atoms with Crippen LogP contribution in [0.1, 0.15) is 24.7 Å². The molecule has 1 saturated heterocycles. The molecule has 2 aromatic heterocycles. The van der Waals surface area contributed by atoms with Crippen LogP contribution in [0, 0.1) is 12.7 Å². The molecule has 1 atom stereocenters. The number of anilines is 1. The van der Waals surface area contributed by atoms with Gasteiger partial charge in [0.05, 0.1) is 7.11 Å². The molecule has 0 aliphatic carbocycles. The number of benzene rings is 2. The van der Waals surface area contributed by atoms with Crippen LogP contribution < -0.4 is 15.2 Å². The molecular weight excluding hydrogens is 469 g/mol. The first-order valence-corrected chi connectivity index (χ1v) is 11.7.